The highest BCUT2D eigenvalue weighted by Crippen LogP contribution is 2.34. The summed E-state index contributed by atoms with van der Waals surface area (Å²) < 4.78 is 64.4. The van der Waals surface area contributed by atoms with Crippen LogP contribution in [0, 0.1) is 0 Å². The Morgan fingerprint density at radius 2 is 0.607 bits per heavy atom. The van der Waals surface area contributed by atoms with E-state index in [0.717, 1.165) is 141 Å². The van der Waals surface area contributed by atoms with Crippen molar-refractivity contribution >= 4 is 36.1 Å². The minimum atomic E-state index is 0.267. The highest BCUT2D eigenvalue weighted by molar-refractivity contribution is 7.95. The van der Waals surface area contributed by atoms with Gasteiger partial charge in [-0.25, -0.2) is 0 Å². The summed E-state index contributed by atoms with van der Waals surface area (Å²) >= 11 is 3.04. The van der Waals surface area contributed by atoms with Crippen molar-refractivity contribution < 1.29 is 70.6 Å². The van der Waals surface area contributed by atoms with Gasteiger partial charge in [-0.3, -0.25) is 0 Å². The molecule has 1 unspecified atom stereocenters. The fourth-order valence-electron chi connectivity index (χ4n) is 8.12. The van der Waals surface area contributed by atoms with Crippen LogP contribution < -0.4 is 76.3 Å². The lowest BCUT2D eigenvalue weighted by atomic mass is 10.1. The predicted molar refractivity (Wildman–Crippen MR) is 328 cm³/mol. The summed E-state index contributed by atoms with van der Waals surface area (Å²) in [7, 11) is 4.82. The van der Waals surface area contributed by atoms with E-state index < -0.39 is 0 Å². The molecule has 0 spiro atoms. The van der Waals surface area contributed by atoms with Crippen molar-refractivity contribution in [3.63, 3.8) is 0 Å². The minimum absolute atomic E-state index is 0.267. The lowest BCUT2D eigenvalue weighted by molar-refractivity contribution is -0.195. The van der Waals surface area contributed by atoms with E-state index in [2.05, 4.69) is 51.7 Å². The molecule has 21 nitrogen and oxygen atoms in total. The molecule has 0 aliphatic carbocycles. The minimum Gasteiger partial charge on any atom is -0.495 e. The van der Waals surface area contributed by atoms with Gasteiger partial charge in [-0.15, -0.1) is 28.0 Å². The Morgan fingerprint density at radius 3 is 0.833 bits per heavy atom. The molecule has 9 N–H and O–H groups in total. The molecule has 3 atom stereocenters. The number of nitrogens with two attached hydrogens (primary N) is 3. The topological polar surface area (TPSA) is 253 Å². The number of methoxy groups -OCH3 is 3. The Kier molecular flexibility index (Phi) is 36.0. The van der Waals surface area contributed by atoms with Crippen LogP contribution in [0.15, 0.2) is 142 Å². The van der Waals surface area contributed by atoms with Gasteiger partial charge in [0.2, 0.25) is 0 Å². The lowest BCUT2D eigenvalue weighted by Crippen LogP contribution is -2.31. The summed E-state index contributed by atoms with van der Waals surface area (Å²) in [6, 6.07) is 41.7. The van der Waals surface area contributed by atoms with Gasteiger partial charge in [0.1, 0.15) is 37.1 Å². The van der Waals surface area contributed by atoms with Crippen molar-refractivity contribution in [3.05, 3.63) is 144 Å². The SMILES string of the molecule is CCOc1ccccc1OCCNC(C)Cc1ccc(OC)c(SOON)c1.CCOc1ccccc1OCCN[C@@H](C)Cc1ccc(OC)c(SOON)c1.CCOc1ccccc1OCCN[C@H](C)Cc1ccc(OC)c(SOON)c1. The second-order valence-corrected chi connectivity index (χ2v) is 20.3. The third kappa shape index (κ3) is 27.0. The molecule has 0 saturated heterocycles. The number of nitrogens with one attached hydrogen (secondary N) is 3. The number of ether oxygens (including phenoxy) is 9. The van der Waals surface area contributed by atoms with Crippen LogP contribution in [0.3, 0.4) is 0 Å². The molecule has 0 bridgehead atoms. The highest BCUT2D eigenvalue weighted by Gasteiger charge is 2.14. The van der Waals surface area contributed by atoms with Crippen molar-refractivity contribution in [1.82, 2.24) is 16.0 Å². The molecular weight excluding hydrogens is 1140 g/mol. The maximum atomic E-state index is 5.83. The summed E-state index contributed by atoms with van der Waals surface area (Å²) in [4.78, 5) is 14.9. The van der Waals surface area contributed by atoms with E-state index in [9.17, 15) is 0 Å². The first-order valence-electron chi connectivity index (χ1n) is 27.4. The molecule has 6 rings (SSSR count). The van der Waals surface area contributed by atoms with Gasteiger partial charge < -0.3 is 58.6 Å². The van der Waals surface area contributed by atoms with Crippen molar-refractivity contribution in [2.24, 2.45) is 17.7 Å². The van der Waals surface area contributed by atoms with Crippen molar-refractivity contribution in [2.45, 2.75) is 93.6 Å². The van der Waals surface area contributed by atoms with Crippen LogP contribution in [-0.4, -0.2) is 98.7 Å². The predicted octanol–water partition coefficient (Wildman–Crippen LogP) is 10.6. The normalized spacial score (nSPS) is 11.9. The van der Waals surface area contributed by atoms with Crippen molar-refractivity contribution in [2.75, 3.05) is 80.6 Å². The zero-order valence-electron chi connectivity index (χ0n) is 49.4. The fraction of sp³-hybridized carbons (Fsp3) is 0.400. The molecule has 0 amide bonds. The number of para-hydroxylation sites is 6. The van der Waals surface area contributed by atoms with Crippen molar-refractivity contribution in [1.29, 1.82) is 0 Å². The maximum absolute atomic E-state index is 5.83. The van der Waals surface area contributed by atoms with Crippen LogP contribution in [-0.2, 0) is 47.2 Å². The summed E-state index contributed by atoms with van der Waals surface area (Å²) in [5.74, 6) is 21.4. The Hall–Kier alpha value is -5.91. The summed E-state index contributed by atoms with van der Waals surface area (Å²) in [6.45, 7) is 17.9. The lowest BCUT2D eigenvalue weighted by Gasteiger charge is -2.16. The Balaban J connectivity index is 0.000000270. The van der Waals surface area contributed by atoms with Gasteiger partial charge in [-0.2, -0.15) is 17.7 Å². The van der Waals surface area contributed by atoms with Gasteiger partial charge >= 0.3 is 0 Å². The monoisotopic (exact) mass is 1220 g/mol. The van der Waals surface area contributed by atoms with E-state index in [1.807, 2.05) is 148 Å². The smallest absolute Gasteiger partial charge is 0.161 e. The second-order valence-electron chi connectivity index (χ2n) is 18.1. The van der Waals surface area contributed by atoms with Gasteiger partial charge in [0.05, 0.1) is 92.0 Å². The zero-order chi connectivity index (χ0) is 60.6. The van der Waals surface area contributed by atoms with E-state index in [1.54, 1.807) is 21.3 Å². The third-order valence-electron chi connectivity index (χ3n) is 11.8. The number of hydrogen-bond donors (Lipinski definition) is 6. The largest absolute Gasteiger partial charge is 0.495 e. The molecule has 0 aliphatic heterocycles. The first kappa shape index (κ1) is 70.6. The van der Waals surface area contributed by atoms with Crippen LogP contribution in [0.2, 0.25) is 0 Å². The molecular formula is C60H84N6O15S3. The Bertz CT molecular complexity index is 2440. The molecule has 0 radical (unpaired) electrons. The van der Waals surface area contributed by atoms with Crippen LogP contribution in [0.5, 0.6) is 51.7 Å². The van der Waals surface area contributed by atoms with E-state index >= 15 is 0 Å². The number of rotatable bonds is 39. The second kappa shape index (κ2) is 42.8. The number of hydrogen-bond acceptors (Lipinski definition) is 24. The molecule has 6 aromatic rings. The standard InChI is InChI=1S/3C20H28N2O5S/c3*1-4-24-17-7-5-6-8-18(17)25-12-11-22-15(2)13-16-9-10-19(23-3)20(14-16)28-27-26-21/h3*5-10,14-15,22H,4,11-13,21H2,1-3H3/t2*15-;/m10./s1. The fourth-order valence-corrected chi connectivity index (χ4v) is 9.75. The first-order valence-corrected chi connectivity index (χ1v) is 29.6. The van der Waals surface area contributed by atoms with Gasteiger partial charge in [0, 0.05) is 37.8 Å². The molecule has 0 aromatic heterocycles. The molecule has 24 heteroatoms. The molecule has 84 heavy (non-hydrogen) atoms. The number of benzene rings is 6. The molecule has 0 fully saturated rings. The Labute approximate surface area is 508 Å². The highest BCUT2D eigenvalue weighted by atomic mass is 32.2. The third-order valence-corrected chi connectivity index (χ3v) is 13.7. The summed E-state index contributed by atoms with van der Waals surface area (Å²) in [5.41, 5.74) is 3.43. The van der Waals surface area contributed by atoms with E-state index in [0.29, 0.717) is 56.9 Å². The van der Waals surface area contributed by atoms with Gasteiger partial charge in [0.15, 0.2) is 34.5 Å². The van der Waals surface area contributed by atoms with E-state index in [1.165, 1.54) is 0 Å². The molecule has 462 valence electrons. The maximum Gasteiger partial charge on any atom is 0.161 e. The van der Waals surface area contributed by atoms with E-state index in [-0.39, 0.29) is 18.1 Å². The van der Waals surface area contributed by atoms with Crippen molar-refractivity contribution in [3.8, 4) is 51.7 Å². The molecule has 0 heterocycles. The quantitative estimate of drug-likeness (QED) is 0.00908. The van der Waals surface area contributed by atoms with Gasteiger partial charge in [-0.05, 0) is 150 Å². The molecule has 0 saturated carbocycles. The van der Waals surface area contributed by atoms with Crippen LogP contribution >= 0.6 is 36.1 Å². The van der Waals surface area contributed by atoms with Gasteiger partial charge in [0.25, 0.3) is 0 Å². The molecule has 6 aromatic carbocycles. The van der Waals surface area contributed by atoms with Gasteiger partial charge in [-0.1, -0.05) is 54.6 Å². The average molecular weight is 1230 g/mol. The van der Waals surface area contributed by atoms with E-state index in [4.69, 9.17) is 73.3 Å². The Morgan fingerprint density at radius 1 is 0.357 bits per heavy atom. The van der Waals surface area contributed by atoms with Crippen LogP contribution in [0.1, 0.15) is 58.2 Å². The first-order chi connectivity index (χ1) is 41.0. The summed E-state index contributed by atoms with van der Waals surface area (Å²) in [5, 5.41) is 10.4. The van der Waals surface area contributed by atoms with Crippen LogP contribution in [0.4, 0.5) is 0 Å². The van der Waals surface area contributed by atoms with Crippen LogP contribution in [0.25, 0.3) is 0 Å². The zero-order valence-corrected chi connectivity index (χ0v) is 51.9. The molecule has 0 aliphatic rings. The average Bonchev–Trinajstić information content (AvgIpc) is 3.58. The summed E-state index contributed by atoms with van der Waals surface area (Å²) in [6.07, 6.45) is 2.53.